The van der Waals surface area contributed by atoms with E-state index in [1.807, 2.05) is 19.1 Å². The van der Waals surface area contributed by atoms with Crippen LogP contribution in [0.4, 0.5) is 0 Å². The first-order chi connectivity index (χ1) is 8.60. The third kappa shape index (κ3) is 3.02. The van der Waals surface area contributed by atoms with Crippen molar-refractivity contribution in [2.75, 3.05) is 6.61 Å². The molecule has 19 heavy (non-hydrogen) atoms. The van der Waals surface area contributed by atoms with Crippen molar-refractivity contribution in [2.45, 2.75) is 18.7 Å². The average Bonchev–Trinajstić information content (AvgIpc) is 2.60. The Bertz CT molecular complexity index is 673. The summed E-state index contributed by atoms with van der Waals surface area (Å²) in [4.78, 5) is 12.1. The van der Waals surface area contributed by atoms with Crippen LogP contribution in [0.2, 0.25) is 0 Å². The van der Waals surface area contributed by atoms with E-state index in [0.717, 1.165) is 5.56 Å². The minimum absolute atomic E-state index is 0. The molecule has 0 saturated heterocycles. The Morgan fingerprint density at radius 2 is 2.26 bits per heavy atom. The minimum Gasteiger partial charge on any atom is -0.776 e. The standard InChI is InChI=1S/C13H12N2O2S.K/c1-3-17-13(16)11-12(18)9(7-14)10-6-8(2)4-5-15(10)11;/h4-6,18H,3H2,1-2H3;/q;+1/p-1. The summed E-state index contributed by atoms with van der Waals surface area (Å²) in [5, 5.41) is 9.15. The summed E-state index contributed by atoms with van der Waals surface area (Å²) in [5.41, 5.74) is 2.24. The minimum atomic E-state index is -0.497. The number of pyridine rings is 1. The molecule has 0 fully saturated rings. The molecule has 2 aromatic heterocycles. The summed E-state index contributed by atoms with van der Waals surface area (Å²) in [6.07, 6.45) is 1.73. The summed E-state index contributed by atoms with van der Waals surface area (Å²) in [6.45, 7) is 3.92. The Labute approximate surface area is 159 Å². The number of rotatable bonds is 2. The maximum Gasteiger partial charge on any atom is 1.00 e. The molecule has 0 aliphatic carbocycles. The maximum atomic E-state index is 11.9. The van der Waals surface area contributed by atoms with E-state index in [-0.39, 0.29) is 68.6 Å². The van der Waals surface area contributed by atoms with Gasteiger partial charge in [0, 0.05) is 6.20 Å². The van der Waals surface area contributed by atoms with Crippen LogP contribution in [0.25, 0.3) is 5.52 Å². The van der Waals surface area contributed by atoms with E-state index in [1.54, 1.807) is 17.5 Å². The van der Waals surface area contributed by atoms with Gasteiger partial charge in [0.2, 0.25) is 0 Å². The Hall–Kier alpha value is -0.424. The molecule has 0 aliphatic rings. The number of aromatic nitrogens is 1. The van der Waals surface area contributed by atoms with E-state index in [2.05, 4.69) is 6.07 Å². The largest absolute Gasteiger partial charge is 1.00 e. The van der Waals surface area contributed by atoms with E-state index in [4.69, 9.17) is 22.6 Å². The van der Waals surface area contributed by atoms with Crippen LogP contribution in [0.3, 0.4) is 0 Å². The third-order valence-electron chi connectivity index (χ3n) is 2.63. The van der Waals surface area contributed by atoms with E-state index in [9.17, 15) is 4.79 Å². The SMILES string of the molecule is CCOC(=O)c1c([S-])c(C#N)c2cc(C)ccn12.[K+]. The van der Waals surface area contributed by atoms with Crippen molar-refractivity contribution in [3.63, 3.8) is 0 Å². The predicted molar refractivity (Wildman–Crippen MR) is 68.4 cm³/mol. The smallest absolute Gasteiger partial charge is 0.776 e. The molecule has 4 nitrogen and oxygen atoms in total. The van der Waals surface area contributed by atoms with Crippen molar-refractivity contribution in [2.24, 2.45) is 0 Å². The first kappa shape index (κ1) is 16.6. The maximum absolute atomic E-state index is 11.9. The summed E-state index contributed by atoms with van der Waals surface area (Å²) < 4.78 is 6.59. The van der Waals surface area contributed by atoms with Gasteiger partial charge in [-0.05, 0) is 31.5 Å². The number of hydrogen-bond donors (Lipinski definition) is 0. The van der Waals surface area contributed by atoms with Gasteiger partial charge in [0.25, 0.3) is 0 Å². The van der Waals surface area contributed by atoms with E-state index >= 15 is 0 Å². The fraction of sp³-hybridized carbons (Fsp3) is 0.231. The van der Waals surface area contributed by atoms with Crippen LogP contribution in [0, 0.1) is 18.3 Å². The van der Waals surface area contributed by atoms with Gasteiger partial charge in [0.15, 0.2) is 0 Å². The zero-order chi connectivity index (χ0) is 13.3. The zero-order valence-electron chi connectivity index (χ0n) is 11.1. The van der Waals surface area contributed by atoms with Crippen LogP contribution < -0.4 is 51.4 Å². The summed E-state index contributed by atoms with van der Waals surface area (Å²) >= 11 is 5.18. The Morgan fingerprint density at radius 1 is 1.58 bits per heavy atom. The van der Waals surface area contributed by atoms with Gasteiger partial charge in [-0.2, -0.15) is 5.26 Å². The van der Waals surface area contributed by atoms with Gasteiger partial charge in [-0.25, -0.2) is 4.79 Å². The van der Waals surface area contributed by atoms with Crippen LogP contribution in [0.5, 0.6) is 0 Å². The van der Waals surface area contributed by atoms with Gasteiger partial charge in [-0.3, -0.25) is 0 Å². The molecule has 92 valence electrons. The molecular weight excluding hydrogens is 287 g/mol. The van der Waals surface area contributed by atoms with Crippen LogP contribution in [0.15, 0.2) is 23.2 Å². The van der Waals surface area contributed by atoms with Crippen molar-refractivity contribution in [3.05, 3.63) is 35.2 Å². The topological polar surface area (TPSA) is 54.5 Å². The molecular formula is C13H11KN2O2S. The van der Waals surface area contributed by atoms with E-state index in [0.29, 0.717) is 11.1 Å². The number of nitriles is 1. The van der Waals surface area contributed by atoms with Crippen LogP contribution in [0.1, 0.15) is 28.5 Å². The van der Waals surface area contributed by atoms with Crippen LogP contribution in [-0.4, -0.2) is 17.0 Å². The molecule has 0 N–H and O–H groups in total. The van der Waals surface area contributed by atoms with Crippen molar-refractivity contribution < 1.29 is 60.9 Å². The first-order valence-electron chi connectivity index (χ1n) is 5.49. The molecule has 6 heteroatoms. The van der Waals surface area contributed by atoms with Crippen LogP contribution in [-0.2, 0) is 17.4 Å². The Kier molecular flexibility index (Phi) is 5.98. The van der Waals surface area contributed by atoms with Crippen molar-refractivity contribution in [1.82, 2.24) is 4.40 Å². The number of esters is 1. The second-order valence-corrected chi connectivity index (χ2v) is 4.25. The number of hydrogen-bond acceptors (Lipinski definition) is 4. The molecule has 0 unspecified atom stereocenters. The van der Waals surface area contributed by atoms with Gasteiger partial charge in [-0.15, -0.1) is 4.90 Å². The van der Waals surface area contributed by atoms with Crippen molar-refractivity contribution >= 4 is 24.1 Å². The number of ether oxygens (including phenoxy) is 1. The molecule has 0 spiro atoms. The molecule has 0 aliphatic heterocycles. The van der Waals surface area contributed by atoms with E-state index in [1.165, 1.54) is 0 Å². The second-order valence-electron chi connectivity index (χ2n) is 3.84. The van der Waals surface area contributed by atoms with Crippen LogP contribution >= 0.6 is 0 Å². The summed E-state index contributed by atoms with van der Waals surface area (Å²) in [5.74, 6) is -0.497. The summed E-state index contributed by atoms with van der Waals surface area (Å²) in [7, 11) is 0. The summed E-state index contributed by atoms with van der Waals surface area (Å²) in [6, 6.07) is 5.73. The second kappa shape index (κ2) is 6.84. The Balaban J connectivity index is 0.00000180. The molecule has 0 aromatic carbocycles. The fourth-order valence-electron chi connectivity index (χ4n) is 1.84. The first-order valence-corrected chi connectivity index (χ1v) is 5.89. The zero-order valence-corrected chi connectivity index (χ0v) is 15.0. The molecule has 0 amide bonds. The number of aryl methyl sites for hydroxylation is 1. The molecule has 0 bridgehead atoms. The van der Waals surface area contributed by atoms with Gasteiger partial charge < -0.3 is 21.8 Å². The van der Waals surface area contributed by atoms with Gasteiger partial charge in [-0.1, -0.05) is 0 Å². The molecule has 2 heterocycles. The fourth-order valence-corrected chi connectivity index (χ4v) is 2.17. The predicted octanol–water partition coefficient (Wildman–Crippen LogP) is -0.794. The van der Waals surface area contributed by atoms with E-state index < -0.39 is 5.97 Å². The quantitative estimate of drug-likeness (QED) is 0.414. The number of carbonyl (C=O) groups excluding carboxylic acids is 1. The number of nitrogens with zero attached hydrogens (tertiary/aromatic N) is 2. The number of carbonyl (C=O) groups is 1. The third-order valence-corrected chi connectivity index (χ3v) is 3.03. The van der Waals surface area contributed by atoms with Crippen molar-refractivity contribution in [1.29, 1.82) is 5.26 Å². The molecule has 0 atom stereocenters. The average molecular weight is 298 g/mol. The normalized spacial score (nSPS) is 9.74. The van der Waals surface area contributed by atoms with Gasteiger partial charge >= 0.3 is 57.4 Å². The molecule has 0 saturated carbocycles. The molecule has 2 rings (SSSR count). The molecule has 0 radical (unpaired) electrons. The number of fused-ring (bicyclic) bond motifs is 1. The monoisotopic (exact) mass is 298 g/mol. The van der Waals surface area contributed by atoms with Gasteiger partial charge in [0.1, 0.15) is 5.69 Å². The molecule has 2 aromatic rings. The van der Waals surface area contributed by atoms with Gasteiger partial charge in [0.05, 0.1) is 23.8 Å². The Morgan fingerprint density at radius 3 is 2.84 bits per heavy atom. The van der Waals surface area contributed by atoms with Crippen molar-refractivity contribution in [3.8, 4) is 6.07 Å².